The summed E-state index contributed by atoms with van der Waals surface area (Å²) in [5.74, 6) is -0.286. The van der Waals surface area contributed by atoms with Crippen LogP contribution in [-0.2, 0) is 11.8 Å². The molecule has 0 radical (unpaired) electrons. The number of hydrogen-bond acceptors (Lipinski definition) is 5. The normalized spacial score (nSPS) is 12.0. The van der Waals surface area contributed by atoms with Crippen LogP contribution in [0.2, 0.25) is 5.02 Å². The summed E-state index contributed by atoms with van der Waals surface area (Å²) < 4.78 is 29.0. The van der Waals surface area contributed by atoms with Crippen molar-refractivity contribution in [3.63, 3.8) is 0 Å². The molecule has 7 nitrogen and oxygen atoms in total. The zero-order valence-corrected chi connectivity index (χ0v) is 18.9. The lowest BCUT2D eigenvalue weighted by Crippen LogP contribution is -2.27. The van der Waals surface area contributed by atoms with Gasteiger partial charge in [0, 0.05) is 29.2 Å². The summed E-state index contributed by atoms with van der Waals surface area (Å²) in [6, 6.07) is 6.18. The largest absolute Gasteiger partial charge is 0.442 e. The molecule has 0 saturated heterocycles. The highest BCUT2D eigenvalue weighted by atomic mass is 79.9. The molecular weight excluding hydrogens is 479 g/mol. The van der Waals surface area contributed by atoms with Gasteiger partial charge in [0.2, 0.25) is 5.88 Å². The summed E-state index contributed by atoms with van der Waals surface area (Å²) in [5.41, 5.74) is -0.0989. The van der Waals surface area contributed by atoms with Gasteiger partial charge >= 0.3 is 6.09 Å². The molecule has 0 aliphatic carbocycles. The first kappa shape index (κ1) is 20.6. The molecular formula is C20H17BrClFN4O3. The molecule has 30 heavy (non-hydrogen) atoms. The van der Waals surface area contributed by atoms with Gasteiger partial charge in [-0.3, -0.25) is 4.68 Å². The number of nitrogens with zero attached hydrogens (tertiary/aromatic N) is 4. The predicted octanol–water partition coefficient (Wildman–Crippen LogP) is 6.05. The van der Waals surface area contributed by atoms with E-state index in [4.69, 9.17) is 21.1 Å². The third kappa shape index (κ3) is 3.87. The number of halogens is 3. The maximum atomic E-state index is 14.4. The Morgan fingerprint density at radius 1 is 1.20 bits per heavy atom. The number of rotatable bonds is 2. The third-order valence-electron chi connectivity index (χ3n) is 4.10. The Labute approximate surface area is 184 Å². The minimum atomic E-state index is -0.722. The second-order valence-electron chi connectivity index (χ2n) is 7.73. The molecule has 0 fully saturated rings. The molecule has 156 valence electrons. The smallest absolute Gasteiger partial charge is 0.435 e. The van der Waals surface area contributed by atoms with E-state index in [1.54, 1.807) is 52.2 Å². The van der Waals surface area contributed by atoms with E-state index >= 15 is 0 Å². The first-order valence-corrected chi connectivity index (χ1v) is 10.1. The molecule has 0 aliphatic heterocycles. The lowest BCUT2D eigenvalue weighted by molar-refractivity contribution is 0.0520. The fourth-order valence-electron chi connectivity index (χ4n) is 3.01. The van der Waals surface area contributed by atoms with Crippen molar-refractivity contribution in [3.8, 4) is 11.6 Å². The number of benzene rings is 2. The molecule has 0 spiro atoms. The number of ether oxygens (including phenoxy) is 2. The number of carbonyl (C=O) groups is 1. The van der Waals surface area contributed by atoms with Crippen molar-refractivity contribution >= 4 is 55.4 Å². The van der Waals surface area contributed by atoms with Gasteiger partial charge in [0.1, 0.15) is 16.9 Å². The Balaban J connectivity index is 1.84. The fraction of sp³-hybridized carbons (Fsp3) is 0.250. The van der Waals surface area contributed by atoms with E-state index in [1.807, 2.05) is 0 Å². The van der Waals surface area contributed by atoms with Crippen molar-refractivity contribution < 1.29 is 18.7 Å². The van der Waals surface area contributed by atoms with Crippen LogP contribution >= 0.6 is 27.5 Å². The number of carbonyl (C=O) groups excluding carboxylic acids is 1. The van der Waals surface area contributed by atoms with Crippen LogP contribution in [0.3, 0.4) is 0 Å². The van der Waals surface area contributed by atoms with Crippen molar-refractivity contribution in [2.24, 2.45) is 7.05 Å². The maximum absolute atomic E-state index is 14.4. The second-order valence-corrected chi connectivity index (χ2v) is 9.05. The fourth-order valence-corrected chi connectivity index (χ4v) is 3.88. The van der Waals surface area contributed by atoms with Crippen LogP contribution < -0.4 is 4.74 Å². The van der Waals surface area contributed by atoms with Crippen molar-refractivity contribution in [1.29, 1.82) is 0 Å². The van der Waals surface area contributed by atoms with E-state index in [-0.39, 0.29) is 17.1 Å². The molecule has 4 aromatic rings. The van der Waals surface area contributed by atoms with E-state index in [0.29, 0.717) is 25.8 Å². The maximum Gasteiger partial charge on any atom is 0.435 e. The summed E-state index contributed by atoms with van der Waals surface area (Å²) in [6.45, 7) is 5.26. The van der Waals surface area contributed by atoms with Crippen molar-refractivity contribution in [2.45, 2.75) is 26.4 Å². The SMILES string of the molecule is Cn1cc2cc(Oc3nn(C(=O)OC(C)(C)C)c4cc(Br)cc(Cl)c34)cc(F)c2n1. The Morgan fingerprint density at radius 2 is 1.93 bits per heavy atom. The zero-order chi connectivity index (χ0) is 21.8. The number of fused-ring (bicyclic) bond motifs is 2. The highest BCUT2D eigenvalue weighted by Gasteiger charge is 2.25. The minimum Gasteiger partial charge on any atom is -0.442 e. The molecule has 0 amide bonds. The topological polar surface area (TPSA) is 71.2 Å². The number of hydrogen-bond donors (Lipinski definition) is 0. The molecule has 0 aliphatic rings. The summed E-state index contributed by atoms with van der Waals surface area (Å²) in [6.07, 6.45) is 0.984. The van der Waals surface area contributed by atoms with Gasteiger partial charge in [-0.25, -0.2) is 9.18 Å². The average molecular weight is 496 g/mol. The van der Waals surface area contributed by atoms with Crippen LogP contribution in [0.15, 0.2) is 34.9 Å². The summed E-state index contributed by atoms with van der Waals surface area (Å²) in [7, 11) is 1.70. The Bertz CT molecular complexity index is 1310. The van der Waals surface area contributed by atoms with Gasteiger partial charge in [-0.1, -0.05) is 27.5 Å². The molecule has 2 heterocycles. The molecule has 0 bridgehead atoms. The lowest BCUT2D eigenvalue weighted by Gasteiger charge is -2.19. The van der Waals surface area contributed by atoms with Crippen molar-refractivity contribution in [3.05, 3.63) is 45.8 Å². The van der Waals surface area contributed by atoms with Gasteiger partial charge in [-0.15, -0.1) is 5.10 Å². The second kappa shape index (κ2) is 7.24. The number of aryl methyl sites for hydroxylation is 1. The van der Waals surface area contributed by atoms with E-state index in [9.17, 15) is 9.18 Å². The van der Waals surface area contributed by atoms with Crippen LogP contribution in [0.1, 0.15) is 20.8 Å². The van der Waals surface area contributed by atoms with Crippen LogP contribution in [0.4, 0.5) is 9.18 Å². The zero-order valence-electron chi connectivity index (χ0n) is 16.5. The van der Waals surface area contributed by atoms with Crippen molar-refractivity contribution in [1.82, 2.24) is 19.6 Å². The van der Waals surface area contributed by atoms with Crippen LogP contribution in [0.5, 0.6) is 11.6 Å². The van der Waals surface area contributed by atoms with E-state index < -0.39 is 17.5 Å². The number of aromatic nitrogens is 4. The average Bonchev–Trinajstić information content (AvgIpc) is 3.14. The Hall–Kier alpha value is -2.65. The Morgan fingerprint density at radius 3 is 2.63 bits per heavy atom. The standard InChI is InChI=1S/C20H17BrClFN4O3/c1-20(2,3)30-19(28)27-15-7-11(21)6-13(22)16(15)18(25-27)29-12-5-10-9-26(4)24-17(10)14(23)8-12/h5-9H,1-4H3. The van der Waals surface area contributed by atoms with Gasteiger partial charge in [-0.2, -0.15) is 9.78 Å². The lowest BCUT2D eigenvalue weighted by atomic mass is 10.2. The van der Waals surface area contributed by atoms with Crippen LogP contribution in [0, 0.1) is 5.82 Å². The molecule has 0 N–H and O–H groups in total. The summed E-state index contributed by atoms with van der Waals surface area (Å²) >= 11 is 9.78. The van der Waals surface area contributed by atoms with Gasteiger partial charge in [0.05, 0.1) is 15.9 Å². The first-order chi connectivity index (χ1) is 14.0. The molecule has 2 aromatic heterocycles. The van der Waals surface area contributed by atoms with Crippen LogP contribution in [0.25, 0.3) is 21.8 Å². The Kier molecular flexibility index (Phi) is 4.98. The van der Waals surface area contributed by atoms with Gasteiger partial charge in [0.25, 0.3) is 0 Å². The van der Waals surface area contributed by atoms with E-state index in [2.05, 4.69) is 26.1 Å². The summed E-state index contributed by atoms with van der Waals surface area (Å²) in [4.78, 5) is 12.7. The minimum absolute atomic E-state index is 0.0519. The van der Waals surface area contributed by atoms with Crippen LogP contribution in [-0.4, -0.2) is 31.3 Å². The molecule has 2 aromatic carbocycles. The highest BCUT2D eigenvalue weighted by molar-refractivity contribution is 9.10. The third-order valence-corrected chi connectivity index (χ3v) is 4.85. The molecule has 4 rings (SSSR count). The van der Waals surface area contributed by atoms with Gasteiger partial charge in [0.15, 0.2) is 5.82 Å². The van der Waals surface area contributed by atoms with Gasteiger partial charge < -0.3 is 9.47 Å². The van der Waals surface area contributed by atoms with Gasteiger partial charge in [-0.05, 0) is 39.0 Å². The molecule has 10 heteroatoms. The summed E-state index contributed by atoms with van der Waals surface area (Å²) in [5, 5.41) is 9.61. The molecule has 0 atom stereocenters. The quantitative estimate of drug-likeness (QED) is 0.338. The van der Waals surface area contributed by atoms with E-state index in [0.717, 1.165) is 4.68 Å². The predicted molar refractivity (Wildman–Crippen MR) is 115 cm³/mol. The first-order valence-electron chi connectivity index (χ1n) is 8.94. The highest BCUT2D eigenvalue weighted by Crippen LogP contribution is 2.38. The monoisotopic (exact) mass is 494 g/mol. The molecule has 0 saturated carbocycles. The van der Waals surface area contributed by atoms with Crippen molar-refractivity contribution in [2.75, 3.05) is 0 Å². The van der Waals surface area contributed by atoms with E-state index in [1.165, 1.54) is 10.7 Å². The molecule has 0 unspecified atom stereocenters.